The Kier molecular flexibility index (Phi) is 3.28. The van der Waals surface area contributed by atoms with Gasteiger partial charge in [-0.2, -0.15) is 0 Å². The van der Waals surface area contributed by atoms with E-state index in [0.29, 0.717) is 11.6 Å². The van der Waals surface area contributed by atoms with Gasteiger partial charge in [-0.15, -0.1) is 0 Å². The van der Waals surface area contributed by atoms with Crippen LogP contribution in [0.1, 0.15) is 5.69 Å². The summed E-state index contributed by atoms with van der Waals surface area (Å²) >= 11 is 0. The third-order valence-corrected chi connectivity index (χ3v) is 2.06. The van der Waals surface area contributed by atoms with Crippen molar-refractivity contribution in [3.63, 3.8) is 0 Å². The third kappa shape index (κ3) is 2.91. The topological polar surface area (TPSA) is 76.7 Å². The van der Waals surface area contributed by atoms with Gasteiger partial charge in [-0.25, -0.2) is 9.97 Å². The van der Waals surface area contributed by atoms with Crippen molar-refractivity contribution in [2.75, 3.05) is 17.6 Å². The Morgan fingerprint density at radius 2 is 1.94 bits per heavy atom. The zero-order chi connectivity index (χ0) is 11.2. The van der Waals surface area contributed by atoms with Crippen LogP contribution in [-0.2, 0) is 6.42 Å². The molecule has 0 radical (unpaired) electrons. The SMILES string of the molecule is Nc1cnc(NCCc2ccccn2)nc1. The summed E-state index contributed by atoms with van der Waals surface area (Å²) in [5.74, 6) is 0.588. The zero-order valence-electron chi connectivity index (χ0n) is 8.80. The zero-order valence-corrected chi connectivity index (χ0v) is 8.80. The smallest absolute Gasteiger partial charge is 0.222 e. The first-order chi connectivity index (χ1) is 7.84. The fourth-order valence-corrected chi connectivity index (χ4v) is 1.28. The highest BCUT2D eigenvalue weighted by atomic mass is 15.1. The molecule has 16 heavy (non-hydrogen) atoms. The number of nitrogen functional groups attached to an aromatic ring is 1. The van der Waals surface area contributed by atoms with Gasteiger partial charge in [0.2, 0.25) is 5.95 Å². The van der Waals surface area contributed by atoms with Gasteiger partial charge in [0, 0.05) is 24.9 Å². The van der Waals surface area contributed by atoms with Crippen molar-refractivity contribution < 1.29 is 0 Å². The van der Waals surface area contributed by atoms with Crippen molar-refractivity contribution >= 4 is 11.6 Å². The number of aromatic nitrogens is 3. The highest BCUT2D eigenvalue weighted by Gasteiger charge is 1.96. The van der Waals surface area contributed by atoms with Gasteiger partial charge in [0.25, 0.3) is 0 Å². The number of nitrogens with two attached hydrogens (primary N) is 1. The third-order valence-electron chi connectivity index (χ3n) is 2.06. The molecular weight excluding hydrogens is 202 g/mol. The molecule has 82 valence electrons. The van der Waals surface area contributed by atoms with E-state index in [0.717, 1.165) is 18.7 Å². The molecule has 0 fully saturated rings. The molecule has 0 aliphatic rings. The normalized spacial score (nSPS) is 10.0. The maximum atomic E-state index is 5.48. The number of hydrogen-bond acceptors (Lipinski definition) is 5. The quantitative estimate of drug-likeness (QED) is 0.798. The number of rotatable bonds is 4. The van der Waals surface area contributed by atoms with Crippen LogP contribution in [0.3, 0.4) is 0 Å². The van der Waals surface area contributed by atoms with Crippen LogP contribution in [0.5, 0.6) is 0 Å². The molecule has 0 spiro atoms. The van der Waals surface area contributed by atoms with E-state index in [-0.39, 0.29) is 0 Å². The van der Waals surface area contributed by atoms with Crippen LogP contribution in [-0.4, -0.2) is 21.5 Å². The summed E-state index contributed by atoms with van der Waals surface area (Å²) in [7, 11) is 0. The van der Waals surface area contributed by atoms with E-state index in [1.54, 1.807) is 18.6 Å². The molecular formula is C11H13N5. The van der Waals surface area contributed by atoms with Crippen molar-refractivity contribution in [3.8, 4) is 0 Å². The number of anilines is 2. The fourth-order valence-electron chi connectivity index (χ4n) is 1.28. The van der Waals surface area contributed by atoms with Crippen LogP contribution in [0, 0.1) is 0 Å². The molecule has 0 saturated carbocycles. The maximum absolute atomic E-state index is 5.48. The van der Waals surface area contributed by atoms with E-state index in [1.807, 2.05) is 18.2 Å². The van der Waals surface area contributed by atoms with E-state index in [4.69, 9.17) is 5.73 Å². The molecule has 0 aromatic carbocycles. The molecule has 0 aliphatic heterocycles. The molecule has 0 atom stereocenters. The monoisotopic (exact) mass is 215 g/mol. The summed E-state index contributed by atoms with van der Waals surface area (Å²) < 4.78 is 0. The average molecular weight is 215 g/mol. The van der Waals surface area contributed by atoms with E-state index < -0.39 is 0 Å². The molecule has 2 rings (SSSR count). The van der Waals surface area contributed by atoms with E-state index >= 15 is 0 Å². The Bertz CT molecular complexity index is 426. The van der Waals surface area contributed by atoms with Crippen molar-refractivity contribution in [1.29, 1.82) is 0 Å². The largest absolute Gasteiger partial charge is 0.396 e. The lowest BCUT2D eigenvalue weighted by atomic mass is 10.3. The second-order valence-corrected chi connectivity index (χ2v) is 3.34. The van der Waals surface area contributed by atoms with Crippen molar-refractivity contribution in [2.24, 2.45) is 0 Å². The second-order valence-electron chi connectivity index (χ2n) is 3.34. The number of hydrogen-bond donors (Lipinski definition) is 2. The molecule has 0 unspecified atom stereocenters. The van der Waals surface area contributed by atoms with Gasteiger partial charge in [0.05, 0.1) is 18.1 Å². The Morgan fingerprint density at radius 3 is 2.62 bits per heavy atom. The standard InChI is InChI=1S/C11H13N5/c12-9-7-15-11(16-8-9)14-6-4-10-3-1-2-5-13-10/h1-3,5,7-8H,4,6,12H2,(H,14,15,16). The van der Waals surface area contributed by atoms with Crippen LogP contribution >= 0.6 is 0 Å². The average Bonchev–Trinajstić information content (AvgIpc) is 2.33. The molecule has 2 heterocycles. The van der Waals surface area contributed by atoms with Gasteiger partial charge >= 0.3 is 0 Å². The Labute approximate surface area is 93.8 Å². The lowest BCUT2D eigenvalue weighted by Crippen LogP contribution is -2.08. The summed E-state index contributed by atoms with van der Waals surface area (Å²) in [4.78, 5) is 12.3. The highest BCUT2D eigenvalue weighted by molar-refractivity contribution is 5.35. The number of nitrogens with one attached hydrogen (secondary N) is 1. The van der Waals surface area contributed by atoms with Crippen LogP contribution in [0.15, 0.2) is 36.8 Å². The van der Waals surface area contributed by atoms with Gasteiger partial charge < -0.3 is 11.1 Å². The first kappa shape index (κ1) is 10.4. The van der Waals surface area contributed by atoms with Crippen LogP contribution in [0.4, 0.5) is 11.6 Å². The first-order valence-corrected chi connectivity index (χ1v) is 5.06. The van der Waals surface area contributed by atoms with E-state index in [9.17, 15) is 0 Å². The van der Waals surface area contributed by atoms with Crippen LogP contribution < -0.4 is 11.1 Å². The summed E-state index contributed by atoms with van der Waals surface area (Å²) in [5, 5.41) is 3.10. The lowest BCUT2D eigenvalue weighted by Gasteiger charge is -2.03. The predicted octanol–water partition coefficient (Wildman–Crippen LogP) is 1.11. The minimum atomic E-state index is 0.565. The maximum Gasteiger partial charge on any atom is 0.222 e. The Hall–Kier alpha value is -2.17. The molecule has 3 N–H and O–H groups in total. The van der Waals surface area contributed by atoms with Crippen molar-refractivity contribution in [1.82, 2.24) is 15.0 Å². The first-order valence-electron chi connectivity index (χ1n) is 5.06. The summed E-state index contributed by atoms with van der Waals surface area (Å²) in [6, 6.07) is 5.87. The Morgan fingerprint density at radius 1 is 1.12 bits per heavy atom. The summed E-state index contributed by atoms with van der Waals surface area (Å²) in [6.45, 7) is 0.751. The molecule has 5 heteroatoms. The van der Waals surface area contributed by atoms with Crippen LogP contribution in [0.25, 0.3) is 0 Å². The lowest BCUT2D eigenvalue weighted by molar-refractivity contribution is 0.941. The van der Waals surface area contributed by atoms with E-state index in [1.165, 1.54) is 0 Å². The molecule has 2 aromatic heterocycles. The van der Waals surface area contributed by atoms with E-state index in [2.05, 4.69) is 20.3 Å². The molecule has 0 amide bonds. The number of nitrogens with zero attached hydrogens (tertiary/aromatic N) is 3. The molecule has 2 aromatic rings. The minimum Gasteiger partial charge on any atom is -0.396 e. The van der Waals surface area contributed by atoms with Gasteiger partial charge in [0.15, 0.2) is 0 Å². The molecule has 0 saturated heterocycles. The predicted molar refractivity (Wildman–Crippen MR) is 62.9 cm³/mol. The van der Waals surface area contributed by atoms with Gasteiger partial charge in [-0.1, -0.05) is 6.07 Å². The number of pyridine rings is 1. The van der Waals surface area contributed by atoms with Crippen molar-refractivity contribution in [2.45, 2.75) is 6.42 Å². The highest BCUT2D eigenvalue weighted by Crippen LogP contribution is 2.01. The van der Waals surface area contributed by atoms with Gasteiger partial charge in [-0.05, 0) is 12.1 Å². The van der Waals surface area contributed by atoms with Crippen LogP contribution in [0.2, 0.25) is 0 Å². The molecule has 5 nitrogen and oxygen atoms in total. The summed E-state index contributed by atoms with van der Waals surface area (Å²) in [6.07, 6.45) is 5.79. The second kappa shape index (κ2) is 5.06. The Balaban J connectivity index is 1.82. The fraction of sp³-hybridized carbons (Fsp3) is 0.182. The minimum absolute atomic E-state index is 0.565. The summed E-state index contributed by atoms with van der Waals surface area (Å²) in [5.41, 5.74) is 7.10. The molecule has 0 bridgehead atoms. The van der Waals surface area contributed by atoms with Crippen molar-refractivity contribution in [3.05, 3.63) is 42.5 Å². The molecule has 0 aliphatic carbocycles. The van der Waals surface area contributed by atoms with Gasteiger partial charge in [-0.3, -0.25) is 4.98 Å². The van der Waals surface area contributed by atoms with Gasteiger partial charge in [0.1, 0.15) is 0 Å².